The maximum atomic E-state index is 9.99. The molecule has 0 aliphatic carbocycles. The zero-order valence-corrected chi connectivity index (χ0v) is 11.5. The molecule has 5 heteroatoms. The van der Waals surface area contributed by atoms with Crippen LogP contribution in [0.1, 0.15) is 17.2 Å². The molecule has 21 heavy (non-hydrogen) atoms. The quantitative estimate of drug-likeness (QED) is 0.522. The average molecular weight is 289 g/mol. The molecule has 5 nitrogen and oxygen atoms in total. The van der Waals surface area contributed by atoms with Gasteiger partial charge in [-0.05, 0) is 48.4 Å². The second-order valence-electron chi connectivity index (χ2n) is 4.92. The molecule has 0 bridgehead atoms. The Morgan fingerprint density at radius 3 is 2.10 bits per heavy atom. The van der Waals surface area contributed by atoms with E-state index < -0.39 is 6.10 Å². The monoisotopic (exact) mass is 289 g/mol. The molecule has 0 heterocycles. The fraction of sp³-hybridized carbons (Fsp3) is 0.250. The van der Waals surface area contributed by atoms with Crippen LogP contribution in [-0.2, 0) is 6.42 Å². The number of phenolic OH excluding ortho intramolecular Hbond substituents is 3. The van der Waals surface area contributed by atoms with E-state index in [0.29, 0.717) is 18.7 Å². The summed E-state index contributed by atoms with van der Waals surface area (Å²) < 4.78 is 0. The van der Waals surface area contributed by atoms with Crippen LogP contribution in [0.15, 0.2) is 42.5 Å². The van der Waals surface area contributed by atoms with E-state index in [9.17, 15) is 20.4 Å². The standard InChI is InChI=1S/C16H19NO4/c18-13-3-1-11(2-4-13)5-6-17-10-16(21)12-7-14(19)9-15(20)8-12/h1-4,7-9,16-21H,5-6,10H2/t16-/m0/s1. The summed E-state index contributed by atoms with van der Waals surface area (Å²) in [5, 5.41) is 41.0. The third-order valence-corrected chi connectivity index (χ3v) is 3.17. The Hall–Kier alpha value is -2.24. The van der Waals surface area contributed by atoms with Crippen molar-refractivity contribution in [3.63, 3.8) is 0 Å². The van der Waals surface area contributed by atoms with Gasteiger partial charge in [-0.1, -0.05) is 12.1 Å². The number of aliphatic hydroxyl groups is 1. The highest BCUT2D eigenvalue weighted by atomic mass is 16.3. The molecule has 2 aromatic rings. The molecule has 0 amide bonds. The molecule has 5 N–H and O–H groups in total. The molecule has 0 unspecified atom stereocenters. The minimum Gasteiger partial charge on any atom is -0.508 e. The third kappa shape index (κ3) is 4.66. The number of nitrogens with one attached hydrogen (secondary N) is 1. The Labute approximate surface area is 123 Å². The Balaban J connectivity index is 1.78. The topological polar surface area (TPSA) is 93.0 Å². The van der Waals surface area contributed by atoms with Crippen molar-refractivity contribution in [2.45, 2.75) is 12.5 Å². The molecule has 0 aliphatic heterocycles. The molecule has 0 fully saturated rings. The zero-order chi connectivity index (χ0) is 15.2. The summed E-state index contributed by atoms with van der Waals surface area (Å²) in [5.74, 6) is 0.0899. The van der Waals surface area contributed by atoms with Gasteiger partial charge in [-0.25, -0.2) is 0 Å². The second-order valence-corrected chi connectivity index (χ2v) is 4.92. The number of benzene rings is 2. The van der Waals surface area contributed by atoms with Crippen molar-refractivity contribution in [3.8, 4) is 17.2 Å². The number of aliphatic hydroxyl groups excluding tert-OH is 1. The van der Waals surface area contributed by atoms with E-state index in [1.165, 1.54) is 18.2 Å². The number of aromatic hydroxyl groups is 3. The average Bonchev–Trinajstić information content (AvgIpc) is 2.44. The van der Waals surface area contributed by atoms with Gasteiger partial charge in [0.1, 0.15) is 17.2 Å². The molecule has 1 atom stereocenters. The van der Waals surface area contributed by atoms with Gasteiger partial charge in [0.15, 0.2) is 0 Å². The van der Waals surface area contributed by atoms with Crippen LogP contribution in [0.3, 0.4) is 0 Å². The lowest BCUT2D eigenvalue weighted by molar-refractivity contribution is 0.174. The third-order valence-electron chi connectivity index (χ3n) is 3.17. The first-order chi connectivity index (χ1) is 10.0. The Kier molecular flexibility index (Phi) is 5.03. The van der Waals surface area contributed by atoms with Crippen molar-refractivity contribution in [2.24, 2.45) is 0 Å². The Bertz CT molecular complexity index is 563. The van der Waals surface area contributed by atoms with E-state index in [4.69, 9.17) is 0 Å². The fourth-order valence-corrected chi connectivity index (χ4v) is 2.06. The number of rotatable bonds is 6. The molecular formula is C16H19NO4. The lowest BCUT2D eigenvalue weighted by Crippen LogP contribution is -2.23. The first-order valence-corrected chi connectivity index (χ1v) is 6.74. The van der Waals surface area contributed by atoms with Crippen molar-refractivity contribution in [1.82, 2.24) is 5.32 Å². The molecule has 0 spiro atoms. The van der Waals surface area contributed by atoms with Gasteiger partial charge in [-0.15, -0.1) is 0 Å². The van der Waals surface area contributed by atoms with E-state index in [1.54, 1.807) is 12.1 Å². The molecule has 0 aliphatic rings. The predicted octanol–water partition coefficient (Wildman–Crippen LogP) is 1.67. The molecule has 0 aromatic heterocycles. The minimum absolute atomic E-state index is 0.0758. The van der Waals surface area contributed by atoms with Gasteiger partial charge >= 0.3 is 0 Å². The first-order valence-electron chi connectivity index (χ1n) is 6.74. The molecular weight excluding hydrogens is 270 g/mol. The largest absolute Gasteiger partial charge is 0.508 e. The number of hydrogen-bond acceptors (Lipinski definition) is 5. The van der Waals surface area contributed by atoms with Crippen LogP contribution in [0.5, 0.6) is 17.2 Å². The second kappa shape index (κ2) is 6.97. The molecule has 0 saturated heterocycles. The maximum Gasteiger partial charge on any atom is 0.119 e. The van der Waals surface area contributed by atoms with Crippen LogP contribution in [-0.4, -0.2) is 33.5 Å². The van der Waals surface area contributed by atoms with Gasteiger partial charge in [0, 0.05) is 12.6 Å². The van der Waals surface area contributed by atoms with E-state index in [-0.39, 0.29) is 17.2 Å². The van der Waals surface area contributed by atoms with Gasteiger partial charge in [-0.3, -0.25) is 0 Å². The van der Waals surface area contributed by atoms with Crippen LogP contribution >= 0.6 is 0 Å². The fourth-order valence-electron chi connectivity index (χ4n) is 2.06. The van der Waals surface area contributed by atoms with Crippen LogP contribution < -0.4 is 5.32 Å². The van der Waals surface area contributed by atoms with Gasteiger partial charge < -0.3 is 25.7 Å². The van der Waals surface area contributed by atoms with Gasteiger partial charge in [-0.2, -0.15) is 0 Å². The minimum atomic E-state index is -0.803. The van der Waals surface area contributed by atoms with Crippen molar-refractivity contribution in [1.29, 1.82) is 0 Å². The highest BCUT2D eigenvalue weighted by Gasteiger charge is 2.09. The lowest BCUT2D eigenvalue weighted by atomic mass is 10.1. The van der Waals surface area contributed by atoms with Crippen molar-refractivity contribution < 1.29 is 20.4 Å². The van der Waals surface area contributed by atoms with Crippen LogP contribution in [0.4, 0.5) is 0 Å². The van der Waals surface area contributed by atoms with E-state index in [1.807, 2.05) is 12.1 Å². The zero-order valence-electron chi connectivity index (χ0n) is 11.5. The summed E-state index contributed by atoms with van der Waals surface area (Å²) in [5.41, 5.74) is 1.55. The summed E-state index contributed by atoms with van der Waals surface area (Å²) in [7, 11) is 0. The summed E-state index contributed by atoms with van der Waals surface area (Å²) >= 11 is 0. The summed E-state index contributed by atoms with van der Waals surface area (Å²) in [6, 6.07) is 11.0. The highest BCUT2D eigenvalue weighted by molar-refractivity contribution is 5.37. The van der Waals surface area contributed by atoms with Gasteiger partial charge in [0.25, 0.3) is 0 Å². The van der Waals surface area contributed by atoms with Crippen molar-refractivity contribution >= 4 is 0 Å². The van der Waals surface area contributed by atoms with Crippen LogP contribution in [0.2, 0.25) is 0 Å². The van der Waals surface area contributed by atoms with Gasteiger partial charge in [0.05, 0.1) is 6.10 Å². The molecule has 112 valence electrons. The van der Waals surface area contributed by atoms with E-state index in [2.05, 4.69) is 5.32 Å². The molecule has 0 radical (unpaired) electrons. The summed E-state index contributed by atoms with van der Waals surface area (Å²) in [6.45, 7) is 0.994. The van der Waals surface area contributed by atoms with Crippen molar-refractivity contribution in [2.75, 3.05) is 13.1 Å². The number of hydrogen-bond donors (Lipinski definition) is 5. The molecule has 0 saturated carbocycles. The highest BCUT2D eigenvalue weighted by Crippen LogP contribution is 2.24. The van der Waals surface area contributed by atoms with Crippen LogP contribution in [0.25, 0.3) is 0 Å². The summed E-state index contributed by atoms with van der Waals surface area (Å²) in [6.07, 6.45) is -0.0269. The van der Waals surface area contributed by atoms with Crippen molar-refractivity contribution in [3.05, 3.63) is 53.6 Å². The van der Waals surface area contributed by atoms with E-state index >= 15 is 0 Å². The molecule has 2 rings (SSSR count). The van der Waals surface area contributed by atoms with Crippen LogP contribution in [0, 0.1) is 0 Å². The van der Waals surface area contributed by atoms with E-state index in [0.717, 1.165) is 12.0 Å². The SMILES string of the molecule is Oc1ccc(CCNC[C@H](O)c2cc(O)cc(O)c2)cc1. The predicted molar refractivity (Wildman–Crippen MR) is 79.4 cm³/mol. The smallest absolute Gasteiger partial charge is 0.119 e. The lowest BCUT2D eigenvalue weighted by Gasteiger charge is -2.13. The Morgan fingerprint density at radius 1 is 0.857 bits per heavy atom. The first kappa shape index (κ1) is 15.2. The maximum absolute atomic E-state index is 9.99. The summed E-state index contributed by atoms with van der Waals surface area (Å²) in [4.78, 5) is 0. The Morgan fingerprint density at radius 2 is 1.48 bits per heavy atom. The molecule has 2 aromatic carbocycles. The number of phenols is 3. The normalized spacial score (nSPS) is 12.2. The van der Waals surface area contributed by atoms with Gasteiger partial charge in [0.2, 0.25) is 0 Å².